The molecule has 0 aliphatic heterocycles. The summed E-state index contributed by atoms with van der Waals surface area (Å²) in [5.74, 6) is -0.217. The second-order valence-corrected chi connectivity index (χ2v) is 7.77. The van der Waals surface area contributed by atoms with Crippen molar-refractivity contribution in [2.75, 3.05) is 0 Å². The molecular weight excluding hydrogens is 386 g/mol. The van der Waals surface area contributed by atoms with Gasteiger partial charge in [0.05, 0.1) is 5.69 Å². The van der Waals surface area contributed by atoms with Crippen LogP contribution in [0.5, 0.6) is 0 Å². The van der Waals surface area contributed by atoms with Gasteiger partial charge in [0.15, 0.2) is 0 Å². The van der Waals surface area contributed by atoms with Crippen molar-refractivity contribution in [3.8, 4) is 11.3 Å². The first-order chi connectivity index (χ1) is 15.1. The highest BCUT2D eigenvalue weighted by Gasteiger charge is 2.11. The molecule has 1 N–H and O–H groups in total. The van der Waals surface area contributed by atoms with Crippen LogP contribution in [0.15, 0.2) is 89.7 Å². The first-order valence-corrected chi connectivity index (χ1v) is 10.5. The monoisotopic (exact) mass is 411 g/mol. The van der Waals surface area contributed by atoms with Crippen molar-refractivity contribution < 1.29 is 4.79 Å². The highest BCUT2D eigenvalue weighted by molar-refractivity contribution is 5.86. The van der Waals surface area contributed by atoms with Gasteiger partial charge in [-0.1, -0.05) is 66.7 Å². The normalized spacial score (nSPS) is 11.9. The summed E-state index contributed by atoms with van der Waals surface area (Å²) in [7, 11) is 0. The van der Waals surface area contributed by atoms with Crippen molar-refractivity contribution in [3.63, 3.8) is 0 Å². The zero-order chi connectivity index (χ0) is 21.6. The first-order valence-electron chi connectivity index (χ1n) is 10.5. The SMILES string of the molecule is C[C@@H](CCc1ccccc1)NC(=O)Cn1nc(-c2ccc3ccccc3c2)ccc1=O. The van der Waals surface area contributed by atoms with E-state index in [0.717, 1.165) is 29.2 Å². The Morgan fingerprint density at radius 2 is 1.68 bits per heavy atom. The maximum atomic E-state index is 12.5. The van der Waals surface area contributed by atoms with Crippen LogP contribution in [0.1, 0.15) is 18.9 Å². The molecule has 0 fully saturated rings. The van der Waals surface area contributed by atoms with Gasteiger partial charge >= 0.3 is 0 Å². The van der Waals surface area contributed by atoms with Gasteiger partial charge in [-0.2, -0.15) is 5.10 Å². The number of carbonyl (C=O) groups excluding carboxylic acids is 1. The second kappa shape index (κ2) is 9.39. The lowest BCUT2D eigenvalue weighted by molar-refractivity contribution is -0.122. The number of aryl methyl sites for hydroxylation is 1. The van der Waals surface area contributed by atoms with E-state index >= 15 is 0 Å². The van der Waals surface area contributed by atoms with Crippen molar-refractivity contribution >= 4 is 16.7 Å². The van der Waals surface area contributed by atoms with E-state index in [9.17, 15) is 9.59 Å². The van der Waals surface area contributed by atoms with Crippen molar-refractivity contribution in [3.05, 3.63) is 101 Å². The fraction of sp³-hybridized carbons (Fsp3) is 0.192. The van der Waals surface area contributed by atoms with Crippen LogP contribution in [-0.4, -0.2) is 21.7 Å². The predicted molar refractivity (Wildman–Crippen MR) is 124 cm³/mol. The molecule has 1 aromatic heterocycles. The Balaban J connectivity index is 1.43. The minimum Gasteiger partial charge on any atom is -0.352 e. The Bertz CT molecular complexity index is 1250. The maximum Gasteiger partial charge on any atom is 0.267 e. The van der Waals surface area contributed by atoms with Gasteiger partial charge in [0.2, 0.25) is 5.91 Å². The molecule has 5 nitrogen and oxygen atoms in total. The average Bonchev–Trinajstić information content (AvgIpc) is 2.79. The van der Waals surface area contributed by atoms with Gasteiger partial charge in [0.1, 0.15) is 6.54 Å². The molecule has 5 heteroatoms. The lowest BCUT2D eigenvalue weighted by Gasteiger charge is -2.14. The highest BCUT2D eigenvalue weighted by Crippen LogP contribution is 2.22. The summed E-state index contributed by atoms with van der Waals surface area (Å²) in [5.41, 5.74) is 2.51. The molecule has 0 aliphatic carbocycles. The van der Waals surface area contributed by atoms with E-state index in [-0.39, 0.29) is 24.1 Å². The third-order valence-electron chi connectivity index (χ3n) is 5.32. The summed E-state index contributed by atoms with van der Waals surface area (Å²) in [6.07, 6.45) is 1.72. The molecule has 0 spiro atoms. The average molecular weight is 412 g/mol. The number of nitrogens with one attached hydrogen (secondary N) is 1. The van der Waals surface area contributed by atoms with Crippen LogP contribution in [0.3, 0.4) is 0 Å². The van der Waals surface area contributed by atoms with Crippen LogP contribution in [0, 0.1) is 0 Å². The number of rotatable bonds is 7. The molecule has 4 aromatic rings. The Morgan fingerprint density at radius 3 is 2.48 bits per heavy atom. The van der Waals surface area contributed by atoms with Crippen LogP contribution in [-0.2, 0) is 17.8 Å². The number of fused-ring (bicyclic) bond motifs is 1. The largest absolute Gasteiger partial charge is 0.352 e. The minimum absolute atomic E-state index is 0.00655. The molecule has 0 saturated heterocycles. The molecule has 0 bridgehead atoms. The highest BCUT2D eigenvalue weighted by atomic mass is 16.2. The number of carbonyl (C=O) groups is 1. The quantitative estimate of drug-likeness (QED) is 0.496. The van der Waals surface area contributed by atoms with E-state index in [4.69, 9.17) is 0 Å². The molecule has 4 rings (SSSR count). The summed E-state index contributed by atoms with van der Waals surface area (Å²) < 4.78 is 1.23. The summed E-state index contributed by atoms with van der Waals surface area (Å²) >= 11 is 0. The molecule has 31 heavy (non-hydrogen) atoms. The van der Waals surface area contributed by atoms with E-state index in [2.05, 4.69) is 28.6 Å². The number of hydrogen-bond donors (Lipinski definition) is 1. The molecular formula is C26H25N3O2. The lowest BCUT2D eigenvalue weighted by atomic mass is 10.1. The van der Waals surface area contributed by atoms with Crippen LogP contribution in [0.4, 0.5) is 0 Å². The van der Waals surface area contributed by atoms with Crippen LogP contribution >= 0.6 is 0 Å². The number of aromatic nitrogens is 2. The number of hydrogen-bond acceptors (Lipinski definition) is 3. The molecule has 156 valence electrons. The fourth-order valence-corrected chi connectivity index (χ4v) is 3.62. The van der Waals surface area contributed by atoms with E-state index in [1.807, 2.05) is 61.5 Å². The third kappa shape index (κ3) is 5.25. The molecule has 0 unspecified atom stereocenters. The van der Waals surface area contributed by atoms with Crippen LogP contribution in [0.25, 0.3) is 22.0 Å². The van der Waals surface area contributed by atoms with Crippen LogP contribution < -0.4 is 10.9 Å². The van der Waals surface area contributed by atoms with Gasteiger partial charge < -0.3 is 5.32 Å². The zero-order valence-corrected chi connectivity index (χ0v) is 17.5. The Kier molecular flexibility index (Phi) is 6.22. The summed E-state index contributed by atoms with van der Waals surface area (Å²) in [6.45, 7) is 1.87. The molecule has 3 aromatic carbocycles. The Morgan fingerprint density at radius 1 is 0.935 bits per heavy atom. The maximum absolute atomic E-state index is 12.5. The Hall–Kier alpha value is -3.73. The van der Waals surface area contributed by atoms with Gasteiger partial charge in [0, 0.05) is 17.7 Å². The standard InChI is InChI=1S/C26H25N3O2/c1-19(11-12-20-7-3-2-4-8-20)27-25(30)18-29-26(31)16-15-24(28-29)23-14-13-21-9-5-6-10-22(21)17-23/h2-10,13-17,19H,11-12,18H2,1H3,(H,27,30)/t19-/m0/s1. The predicted octanol–water partition coefficient (Wildman–Crippen LogP) is 4.20. The van der Waals surface area contributed by atoms with E-state index in [1.165, 1.54) is 16.3 Å². The minimum atomic E-state index is -0.295. The summed E-state index contributed by atoms with van der Waals surface area (Å²) in [4.78, 5) is 24.8. The molecule has 0 aliphatic rings. The van der Waals surface area contributed by atoms with Gasteiger partial charge in [-0.15, -0.1) is 0 Å². The van der Waals surface area contributed by atoms with Crippen molar-refractivity contribution in [2.45, 2.75) is 32.4 Å². The van der Waals surface area contributed by atoms with Crippen molar-refractivity contribution in [2.24, 2.45) is 0 Å². The molecule has 1 heterocycles. The van der Waals surface area contributed by atoms with Gasteiger partial charge in [-0.05, 0) is 48.2 Å². The summed E-state index contributed by atoms with van der Waals surface area (Å²) in [6, 6.07) is 27.5. The second-order valence-electron chi connectivity index (χ2n) is 7.77. The van der Waals surface area contributed by atoms with E-state index in [0.29, 0.717) is 5.69 Å². The van der Waals surface area contributed by atoms with Gasteiger partial charge in [-0.3, -0.25) is 9.59 Å². The number of benzene rings is 3. The molecule has 0 saturated carbocycles. The molecule has 1 atom stereocenters. The van der Waals surface area contributed by atoms with E-state index in [1.54, 1.807) is 6.07 Å². The van der Waals surface area contributed by atoms with Gasteiger partial charge in [-0.25, -0.2) is 4.68 Å². The van der Waals surface area contributed by atoms with Crippen molar-refractivity contribution in [1.29, 1.82) is 0 Å². The number of nitrogens with zero attached hydrogens (tertiary/aromatic N) is 2. The number of amides is 1. The first kappa shape index (κ1) is 20.5. The van der Waals surface area contributed by atoms with E-state index < -0.39 is 0 Å². The lowest BCUT2D eigenvalue weighted by Crippen LogP contribution is -2.38. The topological polar surface area (TPSA) is 64.0 Å². The van der Waals surface area contributed by atoms with Crippen molar-refractivity contribution in [1.82, 2.24) is 15.1 Å². The third-order valence-corrected chi connectivity index (χ3v) is 5.32. The summed E-state index contributed by atoms with van der Waals surface area (Å²) in [5, 5.41) is 9.65. The van der Waals surface area contributed by atoms with Gasteiger partial charge in [0.25, 0.3) is 5.56 Å². The molecule has 1 amide bonds. The zero-order valence-electron chi connectivity index (χ0n) is 17.5. The molecule has 0 radical (unpaired) electrons. The smallest absolute Gasteiger partial charge is 0.267 e. The van der Waals surface area contributed by atoms with Crippen LogP contribution in [0.2, 0.25) is 0 Å². The Labute approximate surface area is 181 Å². The fourth-order valence-electron chi connectivity index (χ4n) is 3.62.